The first-order chi connectivity index (χ1) is 5.73. The van der Waals surface area contributed by atoms with Crippen LogP contribution in [0.25, 0.3) is 0 Å². The number of allylic oxidation sites excluding steroid dienone is 2. The number of carbonyl (C=O) groups is 1. The van der Waals surface area contributed by atoms with Crippen molar-refractivity contribution in [3.05, 3.63) is 11.6 Å². The van der Waals surface area contributed by atoms with Gasteiger partial charge in [0.05, 0.1) is 0 Å². The van der Waals surface area contributed by atoms with Crippen molar-refractivity contribution in [3.8, 4) is 0 Å². The molecule has 0 bridgehead atoms. The first-order valence-corrected chi connectivity index (χ1v) is 4.96. The maximum Gasteiger partial charge on any atom is 0.143 e. The van der Waals surface area contributed by atoms with E-state index in [4.69, 9.17) is 0 Å². The van der Waals surface area contributed by atoms with Gasteiger partial charge in [0.2, 0.25) is 0 Å². The largest absolute Gasteiger partial charge is 0.299 e. The molecule has 1 atom stereocenters. The Morgan fingerprint density at radius 2 is 2.17 bits per heavy atom. The van der Waals surface area contributed by atoms with E-state index in [-0.39, 0.29) is 5.41 Å². The van der Waals surface area contributed by atoms with E-state index in [9.17, 15) is 4.79 Å². The molecule has 0 aliphatic heterocycles. The van der Waals surface area contributed by atoms with E-state index in [1.54, 1.807) is 0 Å². The average Bonchev–Trinajstić information content (AvgIpc) is 2.07. The smallest absolute Gasteiger partial charge is 0.143 e. The van der Waals surface area contributed by atoms with Gasteiger partial charge in [0.25, 0.3) is 0 Å². The van der Waals surface area contributed by atoms with Gasteiger partial charge in [-0.3, -0.25) is 4.79 Å². The van der Waals surface area contributed by atoms with Crippen LogP contribution >= 0.6 is 0 Å². The first-order valence-electron chi connectivity index (χ1n) is 4.96. The van der Waals surface area contributed by atoms with Gasteiger partial charge in [0.15, 0.2) is 0 Å². The van der Waals surface area contributed by atoms with Crippen LogP contribution in [0.2, 0.25) is 0 Å². The molecule has 0 spiro atoms. The maximum absolute atomic E-state index is 11.7. The summed E-state index contributed by atoms with van der Waals surface area (Å²) in [7, 11) is 0. The number of Topliss-reactive ketones (excluding diaryl/α,β-unsaturated/α-hetero) is 1. The van der Waals surface area contributed by atoms with E-state index in [2.05, 4.69) is 13.0 Å². The molecule has 66 valence electrons. The Bertz CT molecular complexity index is 239. The zero-order chi connectivity index (χ0) is 8.60. The van der Waals surface area contributed by atoms with Crippen LogP contribution in [0, 0.1) is 5.41 Å². The van der Waals surface area contributed by atoms with Crippen molar-refractivity contribution in [2.45, 2.75) is 45.4 Å². The summed E-state index contributed by atoms with van der Waals surface area (Å²) in [5, 5.41) is 0. The van der Waals surface area contributed by atoms with Gasteiger partial charge in [0.1, 0.15) is 5.78 Å². The van der Waals surface area contributed by atoms with Gasteiger partial charge >= 0.3 is 0 Å². The lowest BCUT2D eigenvalue weighted by Gasteiger charge is -2.37. The van der Waals surface area contributed by atoms with Gasteiger partial charge in [-0.25, -0.2) is 0 Å². The van der Waals surface area contributed by atoms with Crippen LogP contribution in [0.15, 0.2) is 11.6 Å². The van der Waals surface area contributed by atoms with Gasteiger partial charge in [-0.05, 0) is 32.6 Å². The van der Waals surface area contributed by atoms with E-state index < -0.39 is 0 Å². The van der Waals surface area contributed by atoms with Crippen molar-refractivity contribution in [3.63, 3.8) is 0 Å². The molecule has 0 heterocycles. The number of rotatable bonds is 0. The van der Waals surface area contributed by atoms with Gasteiger partial charge in [0, 0.05) is 11.8 Å². The summed E-state index contributed by atoms with van der Waals surface area (Å²) in [6.07, 6.45) is 8.86. The molecule has 2 aliphatic rings. The third kappa shape index (κ3) is 1.03. The Balaban J connectivity index is 2.33. The monoisotopic (exact) mass is 164 g/mol. The summed E-state index contributed by atoms with van der Waals surface area (Å²) in [6, 6.07) is 0. The summed E-state index contributed by atoms with van der Waals surface area (Å²) in [5.41, 5.74) is 1.39. The molecule has 12 heavy (non-hydrogen) atoms. The molecule has 0 saturated heterocycles. The van der Waals surface area contributed by atoms with Crippen LogP contribution in [-0.4, -0.2) is 5.78 Å². The maximum atomic E-state index is 11.7. The normalized spacial score (nSPS) is 35.8. The van der Waals surface area contributed by atoms with Gasteiger partial charge in [-0.1, -0.05) is 18.1 Å². The highest BCUT2D eigenvalue weighted by molar-refractivity contribution is 5.88. The standard InChI is InChI=1S/C11H16O/c1-11-8-3-2-5-9(11)6-4-7-10(11)12/h6H,2-5,7-8H2,1H3. The van der Waals surface area contributed by atoms with E-state index in [1.807, 2.05) is 0 Å². The van der Waals surface area contributed by atoms with Crippen molar-refractivity contribution >= 4 is 5.78 Å². The third-order valence-corrected chi connectivity index (χ3v) is 3.46. The number of carbonyl (C=O) groups excluding carboxylic acids is 1. The lowest BCUT2D eigenvalue weighted by Crippen LogP contribution is -2.34. The predicted octanol–water partition coefficient (Wildman–Crippen LogP) is 2.86. The molecule has 1 heteroatoms. The topological polar surface area (TPSA) is 17.1 Å². The fourth-order valence-corrected chi connectivity index (χ4v) is 2.53. The molecule has 1 nitrogen and oxygen atoms in total. The number of ketones is 1. The quantitative estimate of drug-likeness (QED) is 0.503. The van der Waals surface area contributed by atoms with Crippen LogP contribution < -0.4 is 0 Å². The lowest BCUT2D eigenvalue weighted by atomic mass is 9.65. The summed E-state index contributed by atoms with van der Waals surface area (Å²) >= 11 is 0. The molecule has 1 fully saturated rings. The summed E-state index contributed by atoms with van der Waals surface area (Å²) in [4.78, 5) is 11.7. The minimum absolute atomic E-state index is 0.0451. The molecular formula is C11H16O. The number of hydrogen-bond acceptors (Lipinski definition) is 1. The molecule has 0 aromatic rings. The highest BCUT2D eigenvalue weighted by Crippen LogP contribution is 2.44. The van der Waals surface area contributed by atoms with Crippen LogP contribution in [-0.2, 0) is 4.79 Å². The van der Waals surface area contributed by atoms with Crippen molar-refractivity contribution in [2.75, 3.05) is 0 Å². The van der Waals surface area contributed by atoms with Crippen molar-refractivity contribution in [1.82, 2.24) is 0 Å². The molecule has 2 aliphatic carbocycles. The average molecular weight is 164 g/mol. The Hall–Kier alpha value is -0.590. The fraction of sp³-hybridized carbons (Fsp3) is 0.727. The van der Waals surface area contributed by atoms with Crippen molar-refractivity contribution in [1.29, 1.82) is 0 Å². The molecule has 1 unspecified atom stereocenters. The van der Waals surface area contributed by atoms with Crippen LogP contribution in [0.5, 0.6) is 0 Å². The lowest BCUT2D eigenvalue weighted by molar-refractivity contribution is -0.127. The van der Waals surface area contributed by atoms with E-state index >= 15 is 0 Å². The van der Waals surface area contributed by atoms with Crippen molar-refractivity contribution < 1.29 is 4.79 Å². The first kappa shape index (κ1) is 8.03. The van der Waals surface area contributed by atoms with Gasteiger partial charge in [-0.15, -0.1) is 0 Å². The number of hydrogen-bond donors (Lipinski definition) is 0. The minimum Gasteiger partial charge on any atom is -0.299 e. The second-order valence-corrected chi connectivity index (χ2v) is 4.23. The summed E-state index contributed by atoms with van der Waals surface area (Å²) in [6.45, 7) is 2.14. The highest BCUT2D eigenvalue weighted by atomic mass is 16.1. The Morgan fingerprint density at radius 3 is 2.92 bits per heavy atom. The second-order valence-electron chi connectivity index (χ2n) is 4.23. The second kappa shape index (κ2) is 2.72. The van der Waals surface area contributed by atoms with E-state index in [0.29, 0.717) is 5.78 Å². The molecular weight excluding hydrogens is 148 g/mol. The zero-order valence-corrected chi connectivity index (χ0v) is 7.73. The van der Waals surface area contributed by atoms with Crippen LogP contribution in [0.1, 0.15) is 45.4 Å². The van der Waals surface area contributed by atoms with Crippen LogP contribution in [0.4, 0.5) is 0 Å². The van der Waals surface area contributed by atoms with Crippen LogP contribution in [0.3, 0.4) is 0 Å². The number of fused-ring (bicyclic) bond motifs is 1. The molecule has 0 amide bonds. The summed E-state index contributed by atoms with van der Waals surface area (Å²) < 4.78 is 0. The van der Waals surface area contributed by atoms with E-state index in [0.717, 1.165) is 19.3 Å². The molecule has 1 saturated carbocycles. The molecule has 0 aromatic carbocycles. The Labute approximate surface area is 73.8 Å². The minimum atomic E-state index is -0.0451. The predicted molar refractivity (Wildman–Crippen MR) is 48.9 cm³/mol. The SMILES string of the molecule is CC12CCCCC1=CCCC2=O. The molecule has 0 N–H and O–H groups in total. The Morgan fingerprint density at radius 1 is 1.33 bits per heavy atom. The fourth-order valence-electron chi connectivity index (χ4n) is 2.53. The Kier molecular flexibility index (Phi) is 1.82. The molecule has 2 rings (SSSR count). The molecule has 0 aromatic heterocycles. The van der Waals surface area contributed by atoms with E-state index in [1.165, 1.54) is 24.8 Å². The van der Waals surface area contributed by atoms with Gasteiger partial charge < -0.3 is 0 Å². The highest BCUT2D eigenvalue weighted by Gasteiger charge is 2.39. The summed E-state index contributed by atoms with van der Waals surface area (Å²) in [5.74, 6) is 0.486. The third-order valence-electron chi connectivity index (χ3n) is 3.46. The van der Waals surface area contributed by atoms with Crippen molar-refractivity contribution in [2.24, 2.45) is 5.41 Å². The van der Waals surface area contributed by atoms with Gasteiger partial charge in [-0.2, -0.15) is 0 Å². The molecule has 0 radical (unpaired) electrons. The zero-order valence-electron chi connectivity index (χ0n) is 7.73.